The molecule has 1 heterocycles. The number of fused-ring (bicyclic) bond motifs is 2. The van der Waals surface area contributed by atoms with Crippen LogP contribution in [0.4, 0.5) is 5.82 Å². The third-order valence-corrected chi connectivity index (χ3v) is 3.78. The average molecular weight is 228 g/mol. The Bertz CT molecular complexity index is 464. The molecule has 0 aromatic carbocycles. The van der Waals surface area contributed by atoms with Gasteiger partial charge in [-0.15, -0.1) is 0 Å². The molecule has 0 spiro atoms. The fourth-order valence-corrected chi connectivity index (χ4v) is 2.84. The summed E-state index contributed by atoms with van der Waals surface area (Å²) < 4.78 is 0. The number of aromatic nitrogens is 1. The lowest BCUT2D eigenvalue weighted by Crippen LogP contribution is -2.26. The summed E-state index contributed by atoms with van der Waals surface area (Å²) in [5.41, 5.74) is 1.10. The van der Waals surface area contributed by atoms with E-state index in [9.17, 15) is 4.79 Å². The number of hydrogen-bond acceptors (Lipinski definition) is 2. The minimum atomic E-state index is 0.123. The molecule has 1 N–H and O–H groups in total. The second-order valence-electron chi connectivity index (χ2n) is 5.10. The van der Waals surface area contributed by atoms with Gasteiger partial charge in [0, 0.05) is 12.1 Å². The van der Waals surface area contributed by atoms with Crippen molar-refractivity contribution in [1.82, 2.24) is 4.98 Å². The Hall–Kier alpha value is -1.64. The summed E-state index contributed by atoms with van der Waals surface area (Å²) in [5.74, 6) is 2.01. The van der Waals surface area contributed by atoms with Crippen LogP contribution in [0.5, 0.6) is 0 Å². The maximum atomic E-state index is 12.1. The molecule has 3 unspecified atom stereocenters. The lowest BCUT2D eigenvalue weighted by atomic mass is 9.93. The summed E-state index contributed by atoms with van der Waals surface area (Å²) in [5, 5.41) is 2.91. The number of amides is 1. The number of nitrogens with one attached hydrogen (secondary N) is 1. The van der Waals surface area contributed by atoms with E-state index in [1.54, 1.807) is 6.20 Å². The van der Waals surface area contributed by atoms with Gasteiger partial charge in [-0.05, 0) is 43.2 Å². The first-order valence-corrected chi connectivity index (χ1v) is 6.14. The van der Waals surface area contributed by atoms with E-state index < -0.39 is 0 Å². The lowest BCUT2D eigenvalue weighted by molar-refractivity contribution is -0.120. The first-order valence-electron chi connectivity index (χ1n) is 6.14. The number of nitrogens with zero attached hydrogens (tertiary/aromatic N) is 1. The molecule has 2 aliphatic rings. The summed E-state index contributed by atoms with van der Waals surface area (Å²) in [6, 6.07) is 3.82. The van der Waals surface area contributed by atoms with Gasteiger partial charge in [-0.2, -0.15) is 0 Å². The van der Waals surface area contributed by atoms with Gasteiger partial charge in [-0.3, -0.25) is 4.79 Å². The standard InChI is InChI=1S/C14H16N2O/c1-9-2-5-13(15-8-9)16-14(17)12-7-10-3-4-11(12)6-10/h2-5,8,10-12H,6-7H2,1H3,(H,15,16,17). The van der Waals surface area contributed by atoms with E-state index >= 15 is 0 Å². The Morgan fingerprint density at radius 2 is 2.24 bits per heavy atom. The van der Waals surface area contributed by atoms with Crippen molar-refractivity contribution >= 4 is 11.7 Å². The Morgan fingerprint density at radius 1 is 1.35 bits per heavy atom. The SMILES string of the molecule is Cc1ccc(NC(=O)C2CC3C=CC2C3)nc1. The summed E-state index contributed by atoms with van der Waals surface area (Å²) in [4.78, 5) is 16.3. The van der Waals surface area contributed by atoms with E-state index in [1.165, 1.54) is 0 Å². The molecule has 3 atom stereocenters. The summed E-state index contributed by atoms with van der Waals surface area (Å²) >= 11 is 0. The molecule has 1 aromatic heterocycles. The first-order chi connectivity index (χ1) is 8.22. The Kier molecular flexibility index (Phi) is 2.46. The third-order valence-electron chi connectivity index (χ3n) is 3.78. The fraction of sp³-hybridized carbons (Fsp3) is 0.429. The Balaban J connectivity index is 1.68. The molecule has 1 saturated carbocycles. The molecule has 3 heteroatoms. The molecule has 0 aliphatic heterocycles. The molecule has 2 aliphatic carbocycles. The van der Waals surface area contributed by atoms with Crippen molar-refractivity contribution in [3.63, 3.8) is 0 Å². The second kappa shape index (κ2) is 3.99. The number of carbonyl (C=O) groups excluding carboxylic acids is 1. The number of anilines is 1. The third kappa shape index (κ3) is 1.97. The van der Waals surface area contributed by atoms with Gasteiger partial charge in [0.1, 0.15) is 5.82 Å². The van der Waals surface area contributed by atoms with Crippen LogP contribution in [-0.2, 0) is 4.79 Å². The van der Waals surface area contributed by atoms with Crippen molar-refractivity contribution < 1.29 is 4.79 Å². The van der Waals surface area contributed by atoms with Crippen molar-refractivity contribution in [3.05, 3.63) is 36.0 Å². The largest absolute Gasteiger partial charge is 0.310 e. The van der Waals surface area contributed by atoms with Gasteiger partial charge < -0.3 is 5.32 Å². The number of pyridine rings is 1. The fourth-order valence-electron chi connectivity index (χ4n) is 2.84. The van der Waals surface area contributed by atoms with Gasteiger partial charge in [0.2, 0.25) is 5.91 Å². The maximum absolute atomic E-state index is 12.1. The first kappa shape index (κ1) is 10.5. The molecule has 17 heavy (non-hydrogen) atoms. The van der Waals surface area contributed by atoms with E-state index in [0.29, 0.717) is 17.7 Å². The Labute approximate surface area is 101 Å². The van der Waals surface area contributed by atoms with E-state index in [1.807, 2.05) is 19.1 Å². The predicted octanol–water partition coefficient (Wildman–Crippen LogP) is 2.54. The minimum absolute atomic E-state index is 0.123. The van der Waals surface area contributed by atoms with Crippen LogP contribution in [-0.4, -0.2) is 10.9 Å². The van der Waals surface area contributed by atoms with Crippen molar-refractivity contribution in [3.8, 4) is 0 Å². The van der Waals surface area contributed by atoms with E-state index in [0.717, 1.165) is 18.4 Å². The van der Waals surface area contributed by atoms with Crippen molar-refractivity contribution in [2.45, 2.75) is 19.8 Å². The van der Waals surface area contributed by atoms with Gasteiger partial charge in [-0.1, -0.05) is 18.2 Å². The van der Waals surface area contributed by atoms with Crippen molar-refractivity contribution in [2.75, 3.05) is 5.32 Å². The normalized spacial score (nSPS) is 29.6. The molecule has 0 radical (unpaired) electrons. The summed E-state index contributed by atoms with van der Waals surface area (Å²) in [6.45, 7) is 1.99. The lowest BCUT2D eigenvalue weighted by Gasteiger charge is -2.17. The van der Waals surface area contributed by atoms with E-state index in [-0.39, 0.29) is 11.8 Å². The van der Waals surface area contributed by atoms with Crippen LogP contribution in [0.3, 0.4) is 0 Å². The highest BCUT2D eigenvalue weighted by Crippen LogP contribution is 2.43. The van der Waals surface area contributed by atoms with E-state index in [2.05, 4.69) is 22.5 Å². The van der Waals surface area contributed by atoms with Crippen LogP contribution < -0.4 is 5.32 Å². The van der Waals surface area contributed by atoms with Crippen LogP contribution in [0.15, 0.2) is 30.5 Å². The van der Waals surface area contributed by atoms with Crippen LogP contribution in [0.1, 0.15) is 18.4 Å². The number of hydrogen-bond donors (Lipinski definition) is 1. The van der Waals surface area contributed by atoms with Crippen LogP contribution in [0, 0.1) is 24.7 Å². The monoisotopic (exact) mass is 228 g/mol. The second-order valence-corrected chi connectivity index (χ2v) is 5.10. The maximum Gasteiger partial charge on any atom is 0.229 e. The zero-order valence-electron chi connectivity index (χ0n) is 9.89. The van der Waals surface area contributed by atoms with Crippen molar-refractivity contribution in [1.29, 1.82) is 0 Å². The highest BCUT2D eigenvalue weighted by Gasteiger charge is 2.39. The minimum Gasteiger partial charge on any atom is -0.310 e. The van der Waals surface area contributed by atoms with Crippen molar-refractivity contribution in [2.24, 2.45) is 17.8 Å². The van der Waals surface area contributed by atoms with Crippen LogP contribution in [0.25, 0.3) is 0 Å². The topological polar surface area (TPSA) is 42.0 Å². The van der Waals surface area contributed by atoms with Gasteiger partial charge in [0.05, 0.1) is 0 Å². The molecule has 3 nitrogen and oxygen atoms in total. The van der Waals surface area contributed by atoms with Gasteiger partial charge >= 0.3 is 0 Å². The zero-order chi connectivity index (χ0) is 11.8. The summed E-state index contributed by atoms with van der Waals surface area (Å²) in [6.07, 6.45) is 8.37. The molecule has 0 saturated heterocycles. The molecule has 1 fully saturated rings. The van der Waals surface area contributed by atoms with E-state index in [4.69, 9.17) is 0 Å². The molecular weight excluding hydrogens is 212 g/mol. The number of rotatable bonds is 2. The molecular formula is C14H16N2O. The quantitative estimate of drug-likeness (QED) is 0.790. The average Bonchev–Trinajstić information content (AvgIpc) is 2.94. The molecule has 88 valence electrons. The molecule has 1 amide bonds. The summed E-state index contributed by atoms with van der Waals surface area (Å²) in [7, 11) is 0. The smallest absolute Gasteiger partial charge is 0.229 e. The number of allylic oxidation sites excluding steroid dienone is 2. The number of carbonyl (C=O) groups is 1. The van der Waals surface area contributed by atoms with Gasteiger partial charge in [0.15, 0.2) is 0 Å². The molecule has 3 rings (SSSR count). The highest BCUT2D eigenvalue weighted by atomic mass is 16.2. The molecule has 1 aromatic rings. The highest BCUT2D eigenvalue weighted by molar-refractivity contribution is 5.92. The zero-order valence-corrected chi connectivity index (χ0v) is 9.89. The number of aryl methyl sites for hydroxylation is 1. The van der Waals surface area contributed by atoms with Gasteiger partial charge in [0.25, 0.3) is 0 Å². The molecule has 2 bridgehead atoms. The van der Waals surface area contributed by atoms with Crippen LogP contribution >= 0.6 is 0 Å². The van der Waals surface area contributed by atoms with Crippen LogP contribution in [0.2, 0.25) is 0 Å². The predicted molar refractivity (Wildman–Crippen MR) is 66.4 cm³/mol. The van der Waals surface area contributed by atoms with Gasteiger partial charge in [-0.25, -0.2) is 4.98 Å². The Morgan fingerprint density at radius 3 is 2.82 bits per heavy atom.